The summed E-state index contributed by atoms with van der Waals surface area (Å²) in [5.41, 5.74) is 1.19. The van der Waals surface area contributed by atoms with Gasteiger partial charge in [-0.05, 0) is 47.5 Å². The third-order valence-electron chi connectivity index (χ3n) is 7.32. The molecule has 1 aliphatic heterocycles. The van der Waals surface area contributed by atoms with Crippen molar-refractivity contribution in [2.24, 2.45) is 0 Å². The number of allylic oxidation sites excluding steroid dienone is 1. The van der Waals surface area contributed by atoms with Crippen molar-refractivity contribution in [3.63, 3.8) is 0 Å². The summed E-state index contributed by atoms with van der Waals surface area (Å²) < 4.78 is 11.6. The molecule has 188 valence electrons. The first-order chi connectivity index (χ1) is 16.8. The molecule has 0 amide bonds. The van der Waals surface area contributed by atoms with Gasteiger partial charge in [0, 0.05) is 13.5 Å². The Morgan fingerprint density at radius 2 is 1.66 bits per heavy atom. The van der Waals surface area contributed by atoms with Crippen molar-refractivity contribution in [1.29, 1.82) is 0 Å². The summed E-state index contributed by atoms with van der Waals surface area (Å²) in [5.74, 6) is 0. The molecule has 1 N–H and O–H groups in total. The van der Waals surface area contributed by atoms with Crippen LogP contribution in [-0.2, 0) is 14.3 Å². The predicted molar refractivity (Wildman–Crippen MR) is 146 cm³/mol. The number of ether oxygens (including phenoxy) is 2. The average molecular weight is 493 g/mol. The van der Waals surface area contributed by atoms with Gasteiger partial charge < -0.3 is 19.1 Å². The zero-order valence-corrected chi connectivity index (χ0v) is 22.4. The molecule has 0 saturated carbocycles. The second-order valence-electron chi connectivity index (χ2n) is 10.2. The van der Waals surface area contributed by atoms with Gasteiger partial charge in [-0.15, -0.1) is 0 Å². The first-order valence-electron chi connectivity index (χ1n) is 12.6. The van der Waals surface area contributed by atoms with E-state index in [1.807, 2.05) is 48.6 Å². The van der Waals surface area contributed by atoms with Crippen molar-refractivity contribution in [3.8, 4) is 0 Å². The molecular formula is C30H40O4Si. The van der Waals surface area contributed by atoms with E-state index in [0.717, 1.165) is 48.8 Å². The van der Waals surface area contributed by atoms with Gasteiger partial charge in [0.2, 0.25) is 0 Å². The van der Waals surface area contributed by atoms with Crippen LogP contribution >= 0.6 is 0 Å². The smallest absolute Gasteiger partial charge is 0.258 e. The lowest BCUT2D eigenvalue weighted by Gasteiger charge is -2.41. The van der Waals surface area contributed by atoms with Crippen LogP contribution in [0.3, 0.4) is 0 Å². The number of hydrogen-bond acceptors (Lipinski definition) is 4. The van der Waals surface area contributed by atoms with Gasteiger partial charge in [-0.1, -0.05) is 98.8 Å². The number of hydrogen-bond donors (Lipinski definition) is 1. The monoisotopic (exact) mass is 492 g/mol. The van der Waals surface area contributed by atoms with Crippen LogP contribution in [0.5, 0.6) is 0 Å². The molecule has 4 nitrogen and oxygen atoms in total. The van der Waals surface area contributed by atoms with E-state index in [1.165, 1.54) is 5.57 Å². The number of aldehydes is 1. The molecule has 0 saturated heterocycles. The molecule has 5 heteroatoms. The molecule has 1 aliphatic rings. The van der Waals surface area contributed by atoms with Gasteiger partial charge in [0.05, 0.1) is 12.2 Å². The fraction of sp³-hybridized carbons (Fsp3) is 0.433. The standard InChI is InChI=1S/C30H40O4Si/c1-24(12-11-17-29-28(33-4)19-18-25(34-29)21-23-31)20-22-30(2,3)35(32,26-13-7-5-8-14-26)27-15-9-6-10-16-27/h5-10,13-16,18-19,23,25,28-29,32H,1,11-12,17,20-22H2,2-4H3/t25-,28-,29+/m0/s1. The lowest BCUT2D eigenvalue weighted by atomic mass is 9.96. The molecule has 0 unspecified atom stereocenters. The van der Waals surface area contributed by atoms with Gasteiger partial charge in [-0.2, -0.15) is 0 Å². The summed E-state index contributed by atoms with van der Waals surface area (Å²) in [6.07, 6.45) is 9.37. The highest BCUT2D eigenvalue weighted by atomic mass is 28.4. The Morgan fingerprint density at radius 1 is 1.06 bits per heavy atom. The number of carbonyl (C=O) groups excluding carboxylic acids is 1. The summed E-state index contributed by atoms with van der Waals surface area (Å²) in [6.45, 7) is 8.75. The van der Waals surface area contributed by atoms with E-state index in [-0.39, 0.29) is 23.4 Å². The van der Waals surface area contributed by atoms with Gasteiger partial charge >= 0.3 is 0 Å². The molecule has 0 bridgehead atoms. The Bertz CT molecular complexity index is 931. The third kappa shape index (κ3) is 6.67. The zero-order valence-electron chi connectivity index (χ0n) is 21.4. The second-order valence-corrected chi connectivity index (χ2v) is 14.1. The highest BCUT2D eigenvalue weighted by Gasteiger charge is 2.49. The summed E-state index contributed by atoms with van der Waals surface area (Å²) in [4.78, 5) is 23.2. The minimum absolute atomic E-state index is 0.0483. The van der Waals surface area contributed by atoms with Crippen molar-refractivity contribution in [3.05, 3.63) is 85.0 Å². The average Bonchev–Trinajstić information content (AvgIpc) is 2.88. The van der Waals surface area contributed by atoms with Crippen LogP contribution in [0.25, 0.3) is 0 Å². The van der Waals surface area contributed by atoms with Gasteiger partial charge in [-0.3, -0.25) is 0 Å². The molecule has 0 fully saturated rings. The first kappa shape index (κ1) is 27.3. The van der Waals surface area contributed by atoms with Crippen LogP contribution in [0.15, 0.2) is 85.0 Å². The van der Waals surface area contributed by atoms with Crippen LogP contribution in [0.2, 0.25) is 5.04 Å². The summed E-state index contributed by atoms with van der Waals surface area (Å²) in [7, 11) is -1.31. The van der Waals surface area contributed by atoms with Gasteiger partial charge in [-0.25, -0.2) is 0 Å². The predicted octanol–water partition coefficient (Wildman–Crippen LogP) is 4.95. The first-order valence-corrected chi connectivity index (χ1v) is 14.6. The van der Waals surface area contributed by atoms with Crippen LogP contribution < -0.4 is 10.4 Å². The van der Waals surface area contributed by atoms with Crippen molar-refractivity contribution in [1.82, 2.24) is 0 Å². The van der Waals surface area contributed by atoms with E-state index in [9.17, 15) is 9.59 Å². The molecule has 3 rings (SSSR count). The Kier molecular flexibility index (Phi) is 9.81. The normalized spacial score (nSPS) is 20.5. The van der Waals surface area contributed by atoms with Crippen molar-refractivity contribution in [2.75, 3.05) is 7.11 Å². The van der Waals surface area contributed by atoms with Crippen LogP contribution in [0.1, 0.15) is 52.4 Å². The SMILES string of the molecule is C=C(CCC[C@H]1O[C@H](CC=O)C=C[C@@H]1OC)CCC(C)(C)[Si](O)(c1ccccc1)c1ccccc1. The number of methoxy groups -OCH3 is 1. The molecule has 2 aromatic rings. The van der Waals surface area contributed by atoms with Crippen LogP contribution in [0.4, 0.5) is 0 Å². The highest BCUT2D eigenvalue weighted by molar-refractivity contribution is 6.98. The molecule has 0 radical (unpaired) electrons. The van der Waals surface area contributed by atoms with Gasteiger partial charge in [0.1, 0.15) is 12.4 Å². The summed E-state index contributed by atoms with van der Waals surface area (Å²) in [5, 5.41) is 1.80. The molecular weight excluding hydrogens is 452 g/mol. The van der Waals surface area contributed by atoms with Crippen molar-refractivity contribution in [2.45, 2.75) is 75.7 Å². The molecule has 1 heterocycles. The minimum Gasteiger partial charge on any atom is -0.424 e. The maximum absolute atomic E-state index is 12.3. The molecule has 35 heavy (non-hydrogen) atoms. The quantitative estimate of drug-likeness (QED) is 0.244. The number of carbonyl (C=O) groups is 1. The molecule has 0 aromatic heterocycles. The van der Waals surface area contributed by atoms with E-state index in [1.54, 1.807) is 7.11 Å². The van der Waals surface area contributed by atoms with E-state index < -0.39 is 8.32 Å². The molecule has 0 spiro atoms. The van der Waals surface area contributed by atoms with E-state index in [4.69, 9.17) is 9.47 Å². The maximum Gasteiger partial charge on any atom is 0.258 e. The van der Waals surface area contributed by atoms with E-state index in [2.05, 4.69) is 44.7 Å². The highest BCUT2D eigenvalue weighted by Crippen LogP contribution is 2.41. The Balaban J connectivity index is 1.61. The number of benzene rings is 2. The molecule has 2 aromatic carbocycles. The van der Waals surface area contributed by atoms with E-state index in [0.29, 0.717) is 6.42 Å². The minimum atomic E-state index is -3.00. The zero-order chi connectivity index (χ0) is 25.3. The van der Waals surface area contributed by atoms with Crippen molar-refractivity contribution < 1.29 is 19.1 Å². The topological polar surface area (TPSA) is 55.8 Å². The maximum atomic E-state index is 12.3. The second kappa shape index (κ2) is 12.6. The van der Waals surface area contributed by atoms with Crippen LogP contribution in [-0.4, -0.2) is 44.8 Å². The fourth-order valence-corrected chi connectivity index (χ4v) is 8.78. The third-order valence-corrected chi connectivity index (χ3v) is 11.9. The largest absolute Gasteiger partial charge is 0.424 e. The summed E-state index contributed by atoms with van der Waals surface area (Å²) >= 11 is 0. The van der Waals surface area contributed by atoms with Gasteiger partial charge in [0.25, 0.3) is 8.32 Å². The van der Waals surface area contributed by atoms with Crippen molar-refractivity contribution >= 4 is 25.0 Å². The Labute approximate surface area is 211 Å². The molecule has 3 atom stereocenters. The van der Waals surface area contributed by atoms with E-state index >= 15 is 0 Å². The fourth-order valence-electron chi connectivity index (χ4n) is 5.05. The van der Waals surface area contributed by atoms with Gasteiger partial charge in [0.15, 0.2) is 0 Å². The summed E-state index contributed by atoms with van der Waals surface area (Å²) in [6, 6.07) is 20.3. The van der Waals surface area contributed by atoms with Crippen LogP contribution in [0, 0.1) is 0 Å². The number of rotatable bonds is 13. The Morgan fingerprint density at radius 3 is 2.20 bits per heavy atom. The Hall–Kier alpha value is -2.31. The lowest BCUT2D eigenvalue weighted by molar-refractivity contribution is -0.114. The molecule has 0 aliphatic carbocycles. The lowest BCUT2D eigenvalue weighted by Crippen LogP contribution is -2.65.